The standard InChI is InChI=1S/C25H27N3O2/c1-3-4-17-11-20(15-27-14-17)18-5-6-19-13-24(9-7-21(29-2)8-10-24)25(22(19)12-18)16-30-23(26)28-25/h5-6,11-12,14-15,21H,7-10,13,16H2,1-2H3,(H2,26,28). The molecule has 0 amide bonds. The minimum atomic E-state index is -0.407. The Bertz CT molecular complexity index is 1070. The Labute approximate surface area is 177 Å². The molecule has 1 unspecified atom stereocenters. The second kappa shape index (κ2) is 7.14. The van der Waals surface area contributed by atoms with E-state index in [0.29, 0.717) is 18.7 Å². The number of aromatic nitrogens is 1. The molecule has 1 atom stereocenters. The lowest BCUT2D eigenvalue weighted by molar-refractivity contribution is -0.00983. The summed E-state index contributed by atoms with van der Waals surface area (Å²) in [6.07, 6.45) is 9.28. The van der Waals surface area contributed by atoms with Gasteiger partial charge in [-0.25, -0.2) is 4.99 Å². The zero-order valence-corrected chi connectivity index (χ0v) is 17.6. The summed E-state index contributed by atoms with van der Waals surface area (Å²) >= 11 is 0. The quantitative estimate of drug-likeness (QED) is 0.778. The first-order valence-electron chi connectivity index (χ1n) is 10.6. The van der Waals surface area contributed by atoms with E-state index in [2.05, 4.69) is 41.1 Å². The van der Waals surface area contributed by atoms with Crippen LogP contribution in [0.3, 0.4) is 0 Å². The van der Waals surface area contributed by atoms with Crippen molar-refractivity contribution < 1.29 is 9.47 Å². The van der Waals surface area contributed by atoms with Gasteiger partial charge in [-0.05, 0) is 67.9 Å². The van der Waals surface area contributed by atoms with E-state index in [0.717, 1.165) is 48.8 Å². The van der Waals surface area contributed by atoms with Crippen LogP contribution in [0.2, 0.25) is 0 Å². The third kappa shape index (κ3) is 2.82. The van der Waals surface area contributed by atoms with Gasteiger partial charge in [0.05, 0.1) is 6.10 Å². The molecule has 1 fully saturated rings. The summed E-state index contributed by atoms with van der Waals surface area (Å²) in [5, 5.41) is 0. The molecular formula is C25H27N3O2. The average Bonchev–Trinajstić information content (AvgIpc) is 3.28. The molecular weight excluding hydrogens is 374 g/mol. The molecule has 5 heteroatoms. The maximum absolute atomic E-state index is 6.07. The fourth-order valence-electron chi connectivity index (χ4n) is 5.71. The highest BCUT2D eigenvalue weighted by Crippen LogP contribution is 2.61. The van der Waals surface area contributed by atoms with Gasteiger partial charge in [0.15, 0.2) is 0 Å². The van der Waals surface area contributed by atoms with Crippen LogP contribution in [-0.4, -0.2) is 30.8 Å². The molecule has 3 aliphatic rings. The second-order valence-electron chi connectivity index (χ2n) is 8.70. The zero-order valence-electron chi connectivity index (χ0n) is 17.6. The smallest absolute Gasteiger partial charge is 0.283 e. The lowest BCUT2D eigenvalue weighted by Crippen LogP contribution is -2.46. The van der Waals surface area contributed by atoms with Crippen LogP contribution in [0.1, 0.15) is 49.3 Å². The second-order valence-corrected chi connectivity index (χ2v) is 8.70. The van der Waals surface area contributed by atoms with Crippen molar-refractivity contribution in [2.45, 2.75) is 50.7 Å². The number of hydrogen-bond acceptors (Lipinski definition) is 5. The van der Waals surface area contributed by atoms with Crippen LogP contribution in [0.15, 0.2) is 41.7 Å². The first-order valence-corrected chi connectivity index (χ1v) is 10.6. The van der Waals surface area contributed by atoms with E-state index in [1.165, 1.54) is 11.1 Å². The molecule has 0 bridgehead atoms. The minimum absolute atomic E-state index is 0.0396. The van der Waals surface area contributed by atoms with Gasteiger partial charge >= 0.3 is 0 Å². The van der Waals surface area contributed by atoms with Crippen molar-refractivity contribution in [3.05, 3.63) is 53.3 Å². The molecule has 1 aromatic heterocycles. The molecule has 5 nitrogen and oxygen atoms in total. The Balaban J connectivity index is 1.59. The van der Waals surface area contributed by atoms with Crippen LogP contribution in [0, 0.1) is 17.3 Å². The topological polar surface area (TPSA) is 69.7 Å². The van der Waals surface area contributed by atoms with E-state index >= 15 is 0 Å². The summed E-state index contributed by atoms with van der Waals surface area (Å²) in [6, 6.07) is 9.12. The highest BCUT2D eigenvalue weighted by molar-refractivity contribution is 5.76. The molecule has 2 N–H and O–H groups in total. The molecule has 2 heterocycles. The van der Waals surface area contributed by atoms with Crippen molar-refractivity contribution >= 4 is 6.02 Å². The molecule has 30 heavy (non-hydrogen) atoms. The predicted octanol–water partition coefficient (Wildman–Crippen LogP) is 3.79. The number of aliphatic imine (C=N–C) groups is 1. The fraction of sp³-hybridized carbons (Fsp3) is 0.440. The number of methoxy groups -OCH3 is 1. The van der Waals surface area contributed by atoms with E-state index in [9.17, 15) is 0 Å². The van der Waals surface area contributed by atoms with Gasteiger partial charge in [0.2, 0.25) is 0 Å². The first-order chi connectivity index (χ1) is 14.6. The number of pyridine rings is 1. The third-order valence-electron chi connectivity index (χ3n) is 7.26. The van der Waals surface area contributed by atoms with Crippen molar-refractivity contribution in [2.75, 3.05) is 13.7 Å². The molecule has 2 aliphatic carbocycles. The Morgan fingerprint density at radius 1 is 1.17 bits per heavy atom. The van der Waals surface area contributed by atoms with Crippen molar-refractivity contribution in [3.63, 3.8) is 0 Å². The van der Waals surface area contributed by atoms with Gasteiger partial charge in [-0.2, -0.15) is 0 Å². The van der Waals surface area contributed by atoms with Crippen LogP contribution in [0.4, 0.5) is 0 Å². The van der Waals surface area contributed by atoms with E-state index < -0.39 is 5.54 Å². The van der Waals surface area contributed by atoms with Gasteiger partial charge in [0.1, 0.15) is 12.1 Å². The molecule has 0 radical (unpaired) electrons. The average molecular weight is 402 g/mol. The number of ether oxygens (including phenoxy) is 2. The number of amidine groups is 1. The number of nitrogens with zero attached hydrogens (tertiary/aromatic N) is 2. The van der Waals surface area contributed by atoms with E-state index in [1.807, 2.05) is 20.2 Å². The monoisotopic (exact) mass is 401 g/mol. The van der Waals surface area contributed by atoms with Gasteiger partial charge in [-0.3, -0.25) is 4.98 Å². The van der Waals surface area contributed by atoms with Crippen LogP contribution in [-0.2, 0) is 21.4 Å². The Morgan fingerprint density at radius 3 is 2.70 bits per heavy atom. The molecule has 2 spiro atoms. The van der Waals surface area contributed by atoms with Gasteiger partial charge in [-0.1, -0.05) is 18.1 Å². The van der Waals surface area contributed by atoms with Gasteiger partial charge in [0, 0.05) is 36.0 Å². The number of fused-ring (bicyclic) bond motifs is 3. The summed E-state index contributed by atoms with van der Waals surface area (Å²) in [5.74, 6) is 6.05. The summed E-state index contributed by atoms with van der Waals surface area (Å²) in [4.78, 5) is 9.35. The maximum Gasteiger partial charge on any atom is 0.283 e. The van der Waals surface area contributed by atoms with Crippen LogP contribution in [0.25, 0.3) is 11.1 Å². The van der Waals surface area contributed by atoms with Crippen LogP contribution >= 0.6 is 0 Å². The Kier molecular flexibility index (Phi) is 4.56. The largest absolute Gasteiger partial charge is 0.462 e. The van der Waals surface area contributed by atoms with Crippen molar-refractivity contribution in [2.24, 2.45) is 16.1 Å². The highest BCUT2D eigenvalue weighted by Gasteiger charge is 2.61. The van der Waals surface area contributed by atoms with Gasteiger partial charge < -0.3 is 15.2 Å². The summed E-state index contributed by atoms with van der Waals surface area (Å²) in [7, 11) is 1.81. The normalized spacial score (nSPS) is 29.3. The van der Waals surface area contributed by atoms with E-state index in [-0.39, 0.29) is 5.41 Å². The summed E-state index contributed by atoms with van der Waals surface area (Å²) in [6.45, 7) is 2.36. The maximum atomic E-state index is 6.07. The van der Waals surface area contributed by atoms with Crippen LogP contribution < -0.4 is 5.73 Å². The molecule has 154 valence electrons. The molecule has 1 aromatic carbocycles. The summed E-state index contributed by atoms with van der Waals surface area (Å²) < 4.78 is 11.4. The van der Waals surface area contributed by atoms with Crippen LogP contribution in [0.5, 0.6) is 0 Å². The molecule has 5 rings (SSSR count). The molecule has 2 aromatic rings. The number of rotatable bonds is 2. The molecule has 1 saturated carbocycles. The fourth-order valence-corrected chi connectivity index (χ4v) is 5.71. The number of nitrogens with two attached hydrogens (primary N) is 1. The van der Waals surface area contributed by atoms with Crippen molar-refractivity contribution in [1.82, 2.24) is 4.98 Å². The van der Waals surface area contributed by atoms with Gasteiger partial charge in [-0.15, -0.1) is 5.92 Å². The lowest BCUT2D eigenvalue weighted by atomic mass is 9.62. The molecule has 0 saturated heterocycles. The first kappa shape index (κ1) is 19.1. The SMILES string of the molecule is CC#Cc1cncc(-c2ccc3c(c2)C2(COC(N)=N2)C2(CCC(OC)CC2)C3)c1. The summed E-state index contributed by atoms with van der Waals surface area (Å²) in [5.41, 5.74) is 11.4. The minimum Gasteiger partial charge on any atom is -0.462 e. The predicted molar refractivity (Wildman–Crippen MR) is 117 cm³/mol. The van der Waals surface area contributed by atoms with Crippen molar-refractivity contribution in [3.8, 4) is 23.0 Å². The zero-order chi connectivity index (χ0) is 20.8. The lowest BCUT2D eigenvalue weighted by Gasteiger charge is -2.45. The molecule has 1 aliphatic heterocycles. The highest BCUT2D eigenvalue weighted by atomic mass is 16.5. The number of benzene rings is 1. The van der Waals surface area contributed by atoms with E-state index in [4.69, 9.17) is 20.2 Å². The Hall–Kier alpha value is -2.84. The van der Waals surface area contributed by atoms with Gasteiger partial charge in [0.25, 0.3) is 6.02 Å². The van der Waals surface area contributed by atoms with Crippen molar-refractivity contribution in [1.29, 1.82) is 0 Å². The van der Waals surface area contributed by atoms with E-state index in [1.54, 1.807) is 6.20 Å². The number of hydrogen-bond donors (Lipinski definition) is 1. The third-order valence-corrected chi connectivity index (χ3v) is 7.26. The Morgan fingerprint density at radius 2 is 2.00 bits per heavy atom.